The van der Waals surface area contributed by atoms with E-state index in [1.54, 1.807) is 6.08 Å². The van der Waals surface area contributed by atoms with Crippen LogP contribution in [0.3, 0.4) is 0 Å². The van der Waals surface area contributed by atoms with Gasteiger partial charge in [0.05, 0.1) is 6.42 Å². The van der Waals surface area contributed by atoms with Crippen LogP contribution in [0.4, 0.5) is 0 Å². The largest absolute Gasteiger partial charge is 0.481 e. The summed E-state index contributed by atoms with van der Waals surface area (Å²) < 4.78 is 0. The van der Waals surface area contributed by atoms with Gasteiger partial charge in [0, 0.05) is 6.54 Å². The van der Waals surface area contributed by atoms with Crippen LogP contribution in [0.15, 0.2) is 12.2 Å². The van der Waals surface area contributed by atoms with Crippen LogP contribution >= 0.6 is 0 Å². The van der Waals surface area contributed by atoms with Crippen molar-refractivity contribution in [1.29, 1.82) is 0 Å². The molecule has 5 N–H and O–H groups in total. The topological polar surface area (TPSA) is 141 Å². The number of hydrogen-bond donors (Lipinski definition) is 4. The van der Waals surface area contributed by atoms with Crippen LogP contribution in [-0.4, -0.2) is 64.8 Å². The van der Waals surface area contributed by atoms with Crippen LogP contribution in [0.25, 0.3) is 0 Å². The fraction of sp³-hybridized carbons (Fsp3) is 0.500. The zero-order chi connectivity index (χ0) is 14.7. The lowest BCUT2D eigenvalue weighted by atomic mass is 10.3. The van der Waals surface area contributed by atoms with Gasteiger partial charge in [-0.15, -0.1) is 0 Å². The van der Waals surface area contributed by atoms with Crippen molar-refractivity contribution in [1.82, 2.24) is 4.90 Å². The lowest BCUT2D eigenvalue weighted by Crippen LogP contribution is -2.22. The number of carbonyl (C=O) groups is 3. The predicted octanol–water partition coefficient (Wildman–Crippen LogP) is -1.50. The standard InChI is InChI=1S/C6H12N2O.C4H6O5/c1-8(2)5-3-4-6(7)9;5-2(4(8)9)1-3(6)7/h3-4H,5H2,1-2H3,(H2,7,9);2,5H,1H2,(H,6,7)(H,8,9)/t;2-/m.0/s1. The average molecular weight is 262 g/mol. The van der Waals surface area contributed by atoms with Gasteiger partial charge in [-0.05, 0) is 20.2 Å². The molecule has 0 heterocycles. The summed E-state index contributed by atoms with van der Waals surface area (Å²) >= 11 is 0. The Bertz CT molecular complexity index is 313. The Balaban J connectivity index is 0. The number of aliphatic carboxylic acids is 2. The number of carbonyl (C=O) groups excluding carboxylic acids is 1. The van der Waals surface area contributed by atoms with E-state index in [4.69, 9.17) is 21.1 Å². The summed E-state index contributed by atoms with van der Waals surface area (Å²) in [6, 6.07) is 0. The fourth-order valence-electron chi connectivity index (χ4n) is 0.632. The van der Waals surface area contributed by atoms with Crippen molar-refractivity contribution in [2.75, 3.05) is 20.6 Å². The van der Waals surface area contributed by atoms with Crippen molar-refractivity contribution < 1.29 is 29.7 Å². The molecule has 0 aromatic carbocycles. The molecule has 0 bridgehead atoms. The van der Waals surface area contributed by atoms with Crippen LogP contribution < -0.4 is 5.73 Å². The molecule has 0 spiro atoms. The SMILES string of the molecule is CN(C)CC=CC(N)=O.O=C(O)C[C@H](O)C(=O)O. The minimum atomic E-state index is -1.79. The molecule has 1 atom stereocenters. The summed E-state index contributed by atoms with van der Waals surface area (Å²) in [5.74, 6) is -3.24. The third-order valence-corrected chi connectivity index (χ3v) is 1.41. The minimum absolute atomic E-state index is 0.392. The molecule has 0 aromatic heterocycles. The van der Waals surface area contributed by atoms with Gasteiger partial charge in [-0.1, -0.05) is 6.08 Å². The van der Waals surface area contributed by atoms with E-state index in [9.17, 15) is 14.4 Å². The number of carboxylic acids is 2. The van der Waals surface area contributed by atoms with Crippen molar-refractivity contribution in [3.05, 3.63) is 12.2 Å². The molecule has 0 aliphatic rings. The number of carboxylic acid groups (broad SMARTS) is 2. The van der Waals surface area contributed by atoms with E-state index in [0.29, 0.717) is 0 Å². The lowest BCUT2D eigenvalue weighted by molar-refractivity contribution is -0.152. The number of rotatable bonds is 6. The van der Waals surface area contributed by atoms with E-state index in [1.165, 1.54) is 6.08 Å². The molecular formula is C10H18N2O6. The molecule has 0 saturated heterocycles. The monoisotopic (exact) mass is 262 g/mol. The van der Waals surface area contributed by atoms with Crippen molar-refractivity contribution in [3.63, 3.8) is 0 Å². The Hall–Kier alpha value is -1.93. The summed E-state index contributed by atoms with van der Waals surface area (Å²) in [5.41, 5.74) is 4.83. The third kappa shape index (κ3) is 16.5. The van der Waals surface area contributed by atoms with Gasteiger partial charge in [0.15, 0.2) is 6.10 Å². The number of amides is 1. The number of nitrogens with two attached hydrogens (primary N) is 1. The molecule has 8 nitrogen and oxygen atoms in total. The molecule has 18 heavy (non-hydrogen) atoms. The molecule has 8 heteroatoms. The second-order valence-corrected chi connectivity index (χ2v) is 3.52. The Labute approximate surface area is 104 Å². The van der Waals surface area contributed by atoms with Gasteiger partial charge in [0.2, 0.25) is 5.91 Å². The molecule has 1 amide bonds. The summed E-state index contributed by atoms with van der Waals surface area (Å²) in [4.78, 5) is 31.5. The maximum Gasteiger partial charge on any atom is 0.333 e. The number of hydrogen-bond acceptors (Lipinski definition) is 5. The number of primary amides is 1. The smallest absolute Gasteiger partial charge is 0.333 e. The number of aliphatic hydroxyl groups is 1. The molecule has 0 aliphatic heterocycles. The minimum Gasteiger partial charge on any atom is -0.481 e. The maximum absolute atomic E-state index is 10.1. The molecule has 0 rings (SSSR count). The van der Waals surface area contributed by atoms with Gasteiger partial charge in [-0.2, -0.15) is 0 Å². The molecule has 0 fully saturated rings. The average Bonchev–Trinajstić information content (AvgIpc) is 2.15. The lowest BCUT2D eigenvalue weighted by Gasteiger charge is -2.02. The van der Waals surface area contributed by atoms with Crippen LogP contribution in [0, 0.1) is 0 Å². The summed E-state index contributed by atoms with van der Waals surface area (Å²) in [7, 11) is 3.84. The molecular weight excluding hydrogens is 244 g/mol. The van der Waals surface area contributed by atoms with Crippen molar-refractivity contribution in [2.24, 2.45) is 5.73 Å². The van der Waals surface area contributed by atoms with Gasteiger partial charge < -0.3 is 26.0 Å². The first-order valence-corrected chi connectivity index (χ1v) is 4.90. The number of likely N-dealkylation sites (N-methyl/N-ethyl adjacent to an activating group) is 1. The molecule has 0 aliphatic carbocycles. The quantitative estimate of drug-likeness (QED) is 0.426. The first kappa shape index (κ1) is 18.4. The molecule has 104 valence electrons. The first-order chi connectivity index (χ1) is 8.16. The molecule has 0 unspecified atom stereocenters. The summed E-state index contributed by atoms with van der Waals surface area (Å²) in [6.07, 6.45) is 0.542. The molecule has 0 aromatic rings. The summed E-state index contributed by atoms with van der Waals surface area (Å²) in [6.45, 7) is 0.753. The van der Waals surface area contributed by atoms with Gasteiger partial charge in [-0.3, -0.25) is 9.59 Å². The summed E-state index contributed by atoms with van der Waals surface area (Å²) in [5, 5.41) is 24.1. The maximum atomic E-state index is 10.1. The highest BCUT2D eigenvalue weighted by Gasteiger charge is 2.16. The van der Waals surface area contributed by atoms with Crippen LogP contribution in [0.1, 0.15) is 6.42 Å². The number of nitrogens with zero attached hydrogens (tertiary/aromatic N) is 1. The van der Waals surface area contributed by atoms with E-state index >= 15 is 0 Å². The second kappa shape index (κ2) is 10.2. The van der Waals surface area contributed by atoms with Gasteiger partial charge in [0.25, 0.3) is 0 Å². The van der Waals surface area contributed by atoms with Crippen LogP contribution in [0.2, 0.25) is 0 Å². The van der Waals surface area contributed by atoms with Crippen LogP contribution in [-0.2, 0) is 14.4 Å². The predicted molar refractivity (Wildman–Crippen MR) is 62.8 cm³/mol. The zero-order valence-corrected chi connectivity index (χ0v) is 10.2. The van der Waals surface area contributed by atoms with E-state index in [0.717, 1.165) is 6.54 Å². The Morgan fingerprint density at radius 1 is 1.28 bits per heavy atom. The van der Waals surface area contributed by atoms with Crippen molar-refractivity contribution >= 4 is 17.8 Å². The van der Waals surface area contributed by atoms with Crippen molar-refractivity contribution in [3.8, 4) is 0 Å². The van der Waals surface area contributed by atoms with E-state index in [-0.39, 0.29) is 0 Å². The molecule has 0 saturated carbocycles. The second-order valence-electron chi connectivity index (χ2n) is 3.52. The Morgan fingerprint density at radius 2 is 1.78 bits per heavy atom. The van der Waals surface area contributed by atoms with E-state index in [2.05, 4.69) is 0 Å². The van der Waals surface area contributed by atoms with Gasteiger partial charge in [0.1, 0.15) is 0 Å². The zero-order valence-electron chi connectivity index (χ0n) is 10.2. The molecule has 0 radical (unpaired) electrons. The number of aliphatic hydroxyl groups excluding tert-OH is 1. The normalized spacial score (nSPS) is 11.8. The van der Waals surface area contributed by atoms with Crippen molar-refractivity contribution in [2.45, 2.75) is 12.5 Å². The van der Waals surface area contributed by atoms with Gasteiger partial charge in [-0.25, -0.2) is 4.79 Å². The highest BCUT2D eigenvalue weighted by atomic mass is 16.4. The highest BCUT2D eigenvalue weighted by molar-refractivity contribution is 5.85. The third-order valence-electron chi connectivity index (χ3n) is 1.41. The van der Waals surface area contributed by atoms with Gasteiger partial charge >= 0.3 is 11.9 Å². The van der Waals surface area contributed by atoms with E-state index < -0.39 is 30.4 Å². The Kier molecular flexibility index (Phi) is 10.5. The fourth-order valence-corrected chi connectivity index (χ4v) is 0.632. The van der Waals surface area contributed by atoms with E-state index in [1.807, 2.05) is 19.0 Å². The Morgan fingerprint density at radius 3 is 2.00 bits per heavy atom. The highest BCUT2D eigenvalue weighted by Crippen LogP contribution is 1.89. The van der Waals surface area contributed by atoms with Crippen LogP contribution in [0.5, 0.6) is 0 Å². The first-order valence-electron chi connectivity index (χ1n) is 4.90.